The number of fused-ring (bicyclic) bond motifs is 2. The molecule has 1 aromatic carbocycles. The van der Waals surface area contributed by atoms with E-state index in [1.165, 1.54) is 34.3 Å². The monoisotopic (exact) mass is 410 g/mol. The van der Waals surface area contributed by atoms with E-state index >= 15 is 0 Å². The van der Waals surface area contributed by atoms with E-state index in [9.17, 15) is 13.2 Å². The Morgan fingerprint density at radius 3 is 2.55 bits per heavy atom. The van der Waals surface area contributed by atoms with Crippen LogP contribution in [0.2, 0.25) is 0 Å². The standard InChI is InChI=1S/C20H18N4O4S/c1-28-12-11-24-18(21)16(29(26,27)14-7-3-2-4-8-14)13-15-19(24)22-17-9-5-6-10-23(17)20(15)25/h2-10,13,21H,11-12H2,1H3. The third kappa shape index (κ3) is 3.14. The molecule has 0 unspecified atom stereocenters. The van der Waals surface area contributed by atoms with E-state index in [1.807, 2.05) is 0 Å². The molecule has 0 amide bonds. The van der Waals surface area contributed by atoms with Crippen molar-refractivity contribution in [3.8, 4) is 0 Å². The Bertz CT molecular complexity index is 1440. The predicted octanol–water partition coefficient (Wildman–Crippen LogP) is 1.61. The molecule has 4 rings (SSSR count). The van der Waals surface area contributed by atoms with Crippen molar-refractivity contribution in [1.82, 2.24) is 14.0 Å². The smallest absolute Gasteiger partial charge is 0.267 e. The molecule has 0 aliphatic heterocycles. The third-order valence-corrected chi connectivity index (χ3v) is 6.43. The van der Waals surface area contributed by atoms with Gasteiger partial charge in [-0.3, -0.25) is 14.6 Å². The van der Waals surface area contributed by atoms with Crippen molar-refractivity contribution in [1.29, 1.82) is 5.41 Å². The van der Waals surface area contributed by atoms with Crippen molar-refractivity contribution in [3.63, 3.8) is 0 Å². The Morgan fingerprint density at radius 1 is 1.10 bits per heavy atom. The fourth-order valence-corrected chi connectivity index (χ4v) is 4.60. The van der Waals surface area contributed by atoms with E-state index in [1.54, 1.807) is 42.6 Å². The number of benzene rings is 1. The van der Waals surface area contributed by atoms with Gasteiger partial charge in [0.25, 0.3) is 5.56 Å². The lowest BCUT2D eigenvalue weighted by atomic mass is 10.3. The van der Waals surface area contributed by atoms with Crippen LogP contribution in [0.4, 0.5) is 0 Å². The molecular weight excluding hydrogens is 392 g/mol. The maximum Gasteiger partial charge on any atom is 0.267 e. The number of nitrogens with one attached hydrogen (secondary N) is 1. The van der Waals surface area contributed by atoms with E-state index in [-0.39, 0.29) is 39.5 Å². The molecule has 148 valence electrons. The molecule has 0 fully saturated rings. The fraction of sp³-hybridized carbons (Fsp3) is 0.150. The molecule has 4 aromatic rings. The second-order valence-corrected chi connectivity index (χ2v) is 8.32. The molecule has 0 atom stereocenters. The SMILES string of the molecule is COCCn1c(=N)c(S(=O)(=O)c2ccccc2)cc2c(=O)n3ccccc3nc21. The molecule has 0 spiro atoms. The second kappa shape index (κ2) is 7.26. The van der Waals surface area contributed by atoms with Crippen LogP contribution >= 0.6 is 0 Å². The lowest BCUT2D eigenvalue weighted by Gasteiger charge is -2.14. The van der Waals surface area contributed by atoms with Gasteiger partial charge in [-0.25, -0.2) is 13.4 Å². The molecule has 29 heavy (non-hydrogen) atoms. The van der Waals surface area contributed by atoms with Crippen molar-refractivity contribution in [2.75, 3.05) is 13.7 Å². The first-order valence-electron chi connectivity index (χ1n) is 8.84. The number of hydrogen-bond donors (Lipinski definition) is 1. The number of rotatable bonds is 5. The summed E-state index contributed by atoms with van der Waals surface area (Å²) in [5, 5.41) is 8.69. The first-order valence-corrected chi connectivity index (χ1v) is 10.3. The van der Waals surface area contributed by atoms with E-state index < -0.39 is 15.4 Å². The summed E-state index contributed by atoms with van der Waals surface area (Å²) in [4.78, 5) is 17.4. The van der Waals surface area contributed by atoms with Gasteiger partial charge in [0.05, 0.1) is 16.9 Å². The molecule has 0 aliphatic rings. The van der Waals surface area contributed by atoms with Gasteiger partial charge >= 0.3 is 0 Å². The number of sulfone groups is 1. The van der Waals surface area contributed by atoms with E-state index in [2.05, 4.69) is 4.98 Å². The summed E-state index contributed by atoms with van der Waals surface area (Å²) in [5.41, 5.74) is 0.0105. The normalized spacial score (nSPS) is 11.9. The minimum absolute atomic E-state index is 0.0555. The number of ether oxygens (including phenoxy) is 1. The van der Waals surface area contributed by atoms with Crippen LogP contribution < -0.4 is 11.0 Å². The quantitative estimate of drug-likeness (QED) is 0.503. The van der Waals surface area contributed by atoms with Gasteiger partial charge in [0, 0.05) is 19.9 Å². The van der Waals surface area contributed by atoms with Crippen molar-refractivity contribution >= 4 is 26.5 Å². The highest BCUT2D eigenvalue weighted by molar-refractivity contribution is 7.91. The van der Waals surface area contributed by atoms with Crippen LogP contribution in [0.3, 0.4) is 0 Å². The molecule has 0 aliphatic carbocycles. The molecule has 9 heteroatoms. The van der Waals surface area contributed by atoms with Gasteiger partial charge in [-0.05, 0) is 30.3 Å². The number of nitrogens with zero attached hydrogens (tertiary/aromatic N) is 3. The van der Waals surface area contributed by atoms with Crippen molar-refractivity contribution < 1.29 is 13.2 Å². The summed E-state index contributed by atoms with van der Waals surface area (Å²) in [7, 11) is -2.50. The molecule has 0 radical (unpaired) electrons. The molecule has 0 saturated heterocycles. The van der Waals surface area contributed by atoms with Crippen LogP contribution in [0.1, 0.15) is 0 Å². The third-order valence-electron chi connectivity index (χ3n) is 4.65. The lowest BCUT2D eigenvalue weighted by molar-refractivity contribution is 0.186. The van der Waals surface area contributed by atoms with Crippen molar-refractivity contribution in [2.45, 2.75) is 16.3 Å². The van der Waals surface area contributed by atoms with Gasteiger partial charge in [0.1, 0.15) is 21.7 Å². The van der Waals surface area contributed by atoms with Crippen LogP contribution in [0.5, 0.6) is 0 Å². The van der Waals surface area contributed by atoms with Crippen LogP contribution in [0.25, 0.3) is 16.7 Å². The molecule has 3 heterocycles. The van der Waals surface area contributed by atoms with Crippen LogP contribution in [-0.2, 0) is 21.1 Å². The lowest BCUT2D eigenvalue weighted by Crippen LogP contribution is -2.31. The average Bonchev–Trinajstić information content (AvgIpc) is 2.74. The Labute approximate surface area is 166 Å². The molecular formula is C20H18N4O4S. The predicted molar refractivity (Wildman–Crippen MR) is 107 cm³/mol. The second-order valence-electron chi connectivity index (χ2n) is 6.40. The summed E-state index contributed by atoms with van der Waals surface area (Å²) >= 11 is 0. The van der Waals surface area contributed by atoms with Gasteiger partial charge in [-0.1, -0.05) is 24.3 Å². The average molecular weight is 410 g/mol. The highest BCUT2D eigenvalue weighted by atomic mass is 32.2. The van der Waals surface area contributed by atoms with Crippen LogP contribution in [0, 0.1) is 5.41 Å². The Morgan fingerprint density at radius 2 is 1.83 bits per heavy atom. The van der Waals surface area contributed by atoms with Crippen LogP contribution in [0.15, 0.2) is 75.4 Å². The Kier molecular flexibility index (Phi) is 4.77. The van der Waals surface area contributed by atoms with Gasteiger partial charge in [-0.2, -0.15) is 0 Å². The number of pyridine rings is 2. The maximum atomic E-state index is 13.2. The minimum atomic E-state index is -4.00. The largest absolute Gasteiger partial charge is 0.383 e. The van der Waals surface area contributed by atoms with E-state index in [4.69, 9.17) is 10.1 Å². The molecule has 0 saturated carbocycles. The molecule has 0 bridgehead atoms. The highest BCUT2D eigenvalue weighted by Crippen LogP contribution is 2.20. The zero-order valence-corrected chi connectivity index (χ0v) is 16.4. The molecule has 3 aromatic heterocycles. The Hall–Kier alpha value is -3.30. The number of methoxy groups -OCH3 is 1. The molecule has 8 nitrogen and oxygen atoms in total. The topological polar surface area (TPSA) is 107 Å². The Balaban J connectivity index is 2.13. The first kappa shape index (κ1) is 19.0. The van der Waals surface area contributed by atoms with Gasteiger partial charge in [-0.15, -0.1) is 0 Å². The van der Waals surface area contributed by atoms with Crippen molar-refractivity contribution in [2.24, 2.45) is 0 Å². The zero-order chi connectivity index (χ0) is 20.6. The number of aromatic nitrogens is 3. The number of hydrogen-bond acceptors (Lipinski definition) is 6. The summed E-state index contributed by atoms with van der Waals surface area (Å²) in [5.74, 6) is 0. The van der Waals surface area contributed by atoms with E-state index in [0.29, 0.717) is 5.65 Å². The summed E-state index contributed by atoms with van der Waals surface area (Å²) in [6.07, 6.45) is 1.57. The fourth-order valence-electron chi connectivity index (χ4n) is 3.19. The molecule has 1 N–H and O–H groups in total. The first-order chi connectivity index (χ1) is 13.9. The zero-order valence-electron chi connectivity index (χ0n) is 15.6. The highest BCUT2D eigenvalue weighted by Gasteiger charge is 2.23. The summed E-state index contributed by atoms with van der Waals surface area (Å²) < 4.78 is 34.3. The van der Waals surface area contributed by atoms with Gasteiger partial charge < -0.3 is 9.30 Å². The summed E-state index contributed by atoms with van der Waals surface area (Å²) in [6.45, 7) is 0.412. The van der Waals surface area contributed by atoms with Crippen molar-refractivity contribution in [3.05, 3.63) is 76.6 Å². The van der Waals surface area contributed by atoms with Crippen LogP contribution in [-0.4, -0.2) is 36.1 Å². The van der Waals surface area contributed by atoms with Gasteiger partial charge in [0.2, 0.25) is 9.84 Å². The van der Waals surface area contributed by atoms with E-state index in [0.717, 1.165) is 0 Å². The maximum absolute atomic E-state index is 13.2. The minimum Gasteiger partial charge on any atom is -0.383 e. The summed E-state index contributed by atoms with van der Waals surface area (Å²) in [6, 6.07) is 14.2. The van der Waals surface area contributed by atoms with Gasteiger partial charge in [0.15, 0.2) is 0 Å².